The molecule has 0 aliphatic rings. The number of hydrogen-bond donors (Lipinski definition) is 3. The van der Waals surface area contributed by atoms with Crippen LogP contribution in [0.15, 0.2) is 42.5 Å². The van der Waals surface area contributed by atoms with Crippen LogP contribution in [0.1, 0.15) is 38.8 Å². The second-order valence-corrected chi connectivity index (χ2v) is 7.67. The van der Waals surface area contributed by atoms with Gasteiger partial charge in [0.2, 0.25) is 11.8 Å². The highest BCUT2D eigenvalue weighted by Crippen LogP contribution is 2.29. The fourth-order valence-electron chi connectivity index (χ4n) is 2.76. The van der Waals surface area contributed by atoms with Crippen molar-refractivity contribution < 1.29 is 14.4 Å². The van der Waals surface area contributed by atoms with Gasteiger partial charge in [0.15, 0.2) is 0 Å². The zero-order valence-corrected chi connectivity index (χ0v) is 19.2. The van der Waals surface area contributed by atoms with Crippen LogP contribution < -0.4 is 16.0 Å². The summed E-state index contributed by atoms with van der Waals surface area (Å²) in [5.74, 6) is -0.472. The lowest BCUT2D eigenvalue weighted by molar-refractivity contribution is -0.117. The van der Waals surface area contributed by atoms with E-state index in [1.165, 1.54) is 4.90 Å². The molecule has 0 aliphatic heterocycles. The summed E-state index contributed by atoms with van der Waals surface area (Å²) in [6.45, 7) is 5.59. The van der Waals surface area contributed by atoms with E-state index in [-0.39, 0.29) is 24.5 Å². The lowest BCUT2D eigenvalue weighted by Crippen LogP contribution is -2.44. The number of urea groups is 1. The average molecular weight is 465 g/mol. The normalized spacial score (nSPS) is 11.4. The molecular formula is C22H26Cl2N4O3. The van der Waals surface area contributed by atoms with Gasteiger partial charge in [-0.25, -0.2) is 4.79 Å². The van der Waals surface area contributed by atoms with Gasteiger partial charge in [-0.3, -0.25) is 9.59 Å². The van der Waals surface area contributed by atoms with Crippen molar-refractivity contribution in [3.05, 3.63) is 58.1 Å². The Balaban J connectivity index is 1.95. The fraction of sp³-hybridized carbons (Fsp3) is 0.318. The van der Waals surface area contributed by atoms with E-state index in [9.17, 15) is 14.4 Å². The summed E-state index contributed by atoms with van der Waals surface area (Å²) in [6.07, 6.45) is 0.400. The molecule has 1 unspecified atom stereocenters. The molecule has 0 bridgehead atoms. The molecule has 3 N–H and O–H groups in total. The number of nitrogens with zero attached hydrogens (tertiary/aromatic N) is 1. The van der Waals surface area contributed by atoms with Crippen LogP contribution in [0.2, 0.25) is 10.0 Å². The highest BCUT2D eigenvalue weighted by molar-refractivity contribution is 6.39. The molecule has 166 valence electrons. The van der Waals surface area contributed by atoms with E-state index in [1.807, 2.05) is 19.1 Å². The molecule has 2 rings (SSSR count). The Labute approximate surface area is 192 Å². The van der Waals surface area contributed by atoms with Crippen molar-refractivity contribution in [2.45, 2.75) is 33.2 Å². The van der Waals surface area contributed by atoms with E-state index < -0.39 is 5.91 Å². The molecule has 0 aliphatic carbocycles. The third-order valence-corrected chi connectivity index (χ3v) is 5.22. The zero-order chi connectivity index (χ0) is 23.0. The van der Waals surface area contributed by atoms with Crippen molar-refractivity contribution in [1.82, 2.24) is 10.2 Å². The van der Waals surface area contributed by atoms with E-state index in [0.29, 0.717) is 34.4 Å². The van der Waals surface area contributed by atoms with Gasteiger partial charge in [0.25, 0.3) is 0 Å². The maximum atomic E-state index is 12.7. The summed E-state index contributed by atoms with van der Waals surface area (Å²) in [6, 6.07) is 11.5. The predicted molar refractivity (Wildman–Crippen MR) is 125 cm³/mol. The molecule has 7 nitrogen and oxygen atoms in total. The monoisotopic (exact) mass is 464 g/mol. The third-order valence-electron chi connectivity index (χ3n) is 4.59. The van der Waals surface area contributed by atoms with E-state index in [0.717, 1.165) is 5.56 Å². The number of halogens is 2. The Morgan fingerprint density at radius 3 is 2.10 bits per heavy atom. The van der Waals surface area contributed by atoms with Crippen molar-refractivity contribution in [3.8, 4) is 0 Å². The summed E-state index contributed by atoms with van der Waals surface area (Å²) in [7, 11) is 0. The molecule has 4 amide bonds. The summed E-state index contributed by atoms with van der Waals surface area (Å²) >= 11 is 12.2. The number of carbonyl (C=O) groups excluding carboxylic acids is 3. The largest absolute Gasteiger partial charge is 0.331 e. The second-order valence-electron chi connectivity index (χ2n) is 6.85. The Kier molecular flexibility index (Phi) is 9.15. The molecule has 31 heavy (non-hydrogen) atoms. The molecule has 2 aromatic rings. The topological polar surface area (TPSA) is 90.5 Å². The summed E-state index contributed by atoms with van der Waals surface area (Å²) in [5, 5.41) is 8.95. The Hall–Kier alpha value is -2.77. The lowest BCUT2D eigenvalue weighted by atomic mass is 10.1. The number of nitrogens with one attached hydrogen (secondary N) is 3. The maximum absolute atomic E-state index is 12.7. The van der Waals surface area contributed by atoms with E-state index >= 15 is 0 Å². The molecule has 1 atom stereocenters. The number of amides is 4. The van der Waals surface area contributed by atoms with E-state index in [1.54, 1.807) is 44.2 Å². The number of hydrogen-bond acceptors (Lipinski definition) is 3. The van der Waals surface area contributed by atoms with Gasteiger partial charge >= 0.3 is 6.03 Å². The van der Waals surface area contributed by atoms with Crippen molar-refractivity contribution in [3.63, 3.8) is 0 Å². The lowest BCUT2D eigenvalue weighted by Gasteiger charge is -2.24. The minimum atomic E-state index is -0.407. The smallest absolute Gasteiger partial charge is 0.318 e. The molecule has 9 heteroatoms. The highest BCUT2D eigenvalue weighted by Gasteiger charge is 2.19. The van der Waals surface area contributed by atoms with Crippen molar-refractivity contribution in [1.29, 1.82) is 0 Å². The second kappa shape index (κ2) is 11.6. The first kappa shape index (κ1) is 24.5. The van der Waals surface area contributed by atoms with Gasteiger partial charge in [-0.2, -0.15) is 0 Å². The number of carbonyl (C=O) groups is 3. The van der Waals surface area contributed by atoms with Gasteiger partial charge in [0.05, 0.1) is 21.8 Å². The molecule has 0 fully saturated rings. The number of rotatable bonds is 8. The van der Waals surface area contributed by atoms with Gasteiger partial charge in [-0.15, -0.1) is 0 Å². The molecule has 0 saturated carbocycles. The first-order valence-electron chi connectivity index (χ1n) is 9.94. The van der Waals surface area contributed by atoms with Crippen LogP contribution in [0.25, 0.3) is 0 Å². The quantitative estimate of drug-likeness (QED) is 0.508. The number of anilines is 2. The Bertz CT molecular complexity index is 915. The van der Waals surface area contributed by atoms with Crippen molar-refractivity contribution >= 4 is 52.4 Å². The third kappa shape index (κ3) is 7.15. The molecule has 0 radical (unpaired) electrons. The standard InChI is InChI=1S/C22H26Cl2N4O3/c1-4-19(29)26-16-11-9-15(10-12-16)14(3)25-22(31)28(5-2)13-20(30)27-21-17(23)7-6-8-18(21)24/h6-12,14H,4-5,13H2,1-3H3,(H,25,31)(H,26,29)(H,27,30). The SMILES string of the molecule is CCC(=O)Nc1ccc(C(C)NC(=O)N(CC)CC(=O)Nc2c(Cl)cccc2Cl)cc1. The van der Waals surface area contributed by atoms with Crippen LogP contribution in [0.4, 0.5) is 16.2 Å². The van der Waals surface area contributed by atoms with Gasteiger partial charge < -0.3 is 20.9 Å². The predicted octanol–water partition coefficient (Wildman–Crippen LogP) is 5.07. The number of para-hydroxylation sites is 1. The van der Waals surface area contributed by atoms with Gasteiger partial charge in [-0.05, 0) is 43.7 Å². The first-order chi connectivity index (χ1) is 14.7. The van der Waals surface area contributed by atoms with Crippen LogP contribution in [-0.2, 0) is 9.59 Å². The van der Waals surface area contributed by atoms with Crippen LogP contribution >= 0.6 is 23.2 Å². The minimum absolute atomic E-state index is 0.0657. The molecule has 0 spiro atoms. The summed E-state index contributed by atoms with van der Waals surface area (Å²) in [5.41, 5.74) is 1.88. The highest BCUT2D eigenvalue weighted by atomic mass is 35.5. The fourth-order valence-corrected chi connectivity index (χ4v) is 3.25. The van der Waals surface area contributed by atoms with Gasteiger partial charge in [-0.1, -0.05) is 48.3 Å². The van der Waals surface area contributed by atoms with E-state index in [4.69, 9.17) is 23.2 Å². The summed E-state index contributed by atoms with van der Waals surface area (Å²) in [4.78, 5) is 37.9. The van der Waals surface area contributed by atoms with Gasteiger partial charge in [0, 0.05) is 18.7 Å². The van der Waals surface area contributed by atoms with Crippen LogP contribution in [-0.4, -0.2) is 35.8 Å². The molecule has 2 aromatic carbocycles. The maximum Gasteiger partial charge on any atom is 0.318 e. The van der Waals surface area contributed by atoms with E-state index in [2.05, 4.69) is 16.0 Å². The minimum Gasteiger partial charge on any atom is -0.331 e. The average Bonchev–Trinajstić information content (AvgIpc) is 2.75. The summed E-state index contributed by atoms with van der Waals surface area (Å²) < 4.78 is 0. The van der Waals surface area contributed by atoms with Gasteiger partial charge in [0.1, 0.15) is 6.54 Å². The van der Waals surface area contributed by atoms with Crippen LogP contribution in [0.5, 0.6) is 0 Å². The molecular weight excluding hydrogens is 439 g/mol. The molecule has 0 heterocycles. The molecule has 0 aromatic heterocycles. The Morgan fingerprint density at radius 1 is 0.935 bits per heavy atom. The van der Waals surface area contributed by atoms with Crippen molar-refractivity contribution in [2.75, 3.05) is 23.7 Å². The molecule has 0 saturated heterocycles. The zero-order valence-electron chi connectivity index (χ0n) is 17.7. The van der Waals surface area contributed by atoms with Crippen molar-refractivity contribution in [2.24, 2.45) is 0 Å². The Morgan fingerprint density at radius 2 is 1.55 bits per heavy atom. The number of likely N-dealkylation sites (N-methyl/N-ethyl adjacent to an activating group) is 1. The van der Waals surface area contributed by atoms with Crippen LogP contribution in [0.3, 0.4) is 0 Å². The first-order valence-corrected chi connectivity index (χ1v) is 10.7. The number of benzene rings is 2. The van der Waals surface area contributed by atoms with Crippen LogP contribution in [0, 0.1) is 0 Å².